The van der Waals surface area contributed by atoms with Gasteiger partial charge in [-0.3, -0.25) is 4.55 Å². The van der Waals surface area contributed by atoms with E-state index >= 15 is 0 Å². The van der Waals surface area contributed by atoms with Gasteiger partial charge in [0.15, 0.2) is 23.5 Å². The molecular formula is C11H13N4O3S+. The van der Waals surface area contributed by atoms with Crippen molar-refractivity contribution in [1.82, 2.24) is 15.4 Å². The molecule has 100 valence electrons. The second kappa shape index (κ2) is 5.29. The molecule has 0 saturated heterocycles. The molecule has 2 rings (SSSR count). The van der Waals surface area contributed by atoms with Crippen LogP contribution in [0.3, 0.4) is 0 Å². The lowest BCUT2D eigenvalue weighted by Gasteiger charge is -2.06. The molecule has 0 bridgehead atoms. The molecule has 1 atom stereocenters. The molecule has 19 heavy (non-hydrogen) atoms. The molecule has 0 saturated carbocycles. The molecule has 8 heteroatoms. The van der Waals surface area contributed by atoms with Crippen molar-refractivity contribution in [3.8, 4) is 0 Å². The van der Waals surface area contributed by atoms with Gasteiger partial charge in [0.1, 0.15) is 0 Å². The molecule has 0 fully saturated rings. The monoisotopic (exact) mass is 281 g/mol. The van der Waals surface area contributed by atoms with E-state index in [9.17, 15) is 8.42 Å². The first kappa shape index (κ1) is 13.4. The van der Waals surface area contributed by atoms with E-state index in [-0.39, 0.29) is 0 Å². The van der Waals surface area contributed by atoms with Crippen LogP contribution in [-0.4, -0.2) is 39.1 Å². The normalized spacial score (nSPS) is 18.8. The predicted octanol–water partition coefficient (Wildman–Crippen LogP) is 0.209. The van der Waals surface area contributed by atoms with E-state index < -0.39 is 15.4 Å². The third-order valence-electron chi connectivity index (χ3n) is 2.45. The first-order valence-electron chi connectivity index (χ1n) is 5.48. The molecule has 0 aliphatic carbocycles. The summed E-state index contributed by atoms with van der Waals surface area (Å²) >= 11 is 0. The number of aromatic nitrogens is 2. The van der Waals surface area contributed by atoms with Gasteiger partial charge in [-0.1, -0.05) is 4.68 Å². The molecule has 0 radical (unpaired) electrons. The lowest BCUT2D eigenvalue weighted by molar-refractivity contribution is -0.507. The highest BCUT2D eigenvalue weighted by molar-refractivity contribution is 7.87. The van der Waals surface area contributed by atoms with Crippen LogP contribution >= 0.6 is 0 Å². The molecule has 1 aliphatic rings. The summed E-state index contributed by atoms with van der Waals surface area (Å²) in [5.41, 5.74) is 3.61. The SMILES string of the molecule is CC(C=[N+]1C=CC(c2ncccn2)=CN1)S(=O)(=O)O. The highest BCUT2D eigenvalue weighted by Crippen LogP contribution is 2.11. The molecule has 1 unspecified atom stereocenters. The van der Waals surface area contributed by atoms with E-state index in [2.05, 4.69) is 15.4 Å². The van der Waals surface area contributed by atoms with Gasteiger partial charge in [-0.15, -0.1) is 0 Å². The van der Waals surface area contributed by atoms with Crippen LogP contribution in [-0.2, 0) is 10.1 Å². The standard InChI is InChI=1S/C11H12N4O3S/c1-9(19(16,17)18)8-15-6-3-10(7-14-15)11-12-4-2-5-13-11/h2-9,14H,1H3/p+1. The van der Waals surface area contributed by atoms with Gasteiger partial charge in [0.25, 0.3) is 10.1 Å². The average molecular weight is 281 g/mol. The van der Waals surface area contributed by atoms with E-state index in [1.54, 1.807) is 36.9 Å². The maximum Gasteiger partial charge on any atom is 0.277 e. The Balaban J connectivity index is 2.14. The largest absolute Gasteiger partial charge is 0.285 e. The van der Waals surface area contributed by atoms with Crippen molar-refractivity contribution in [1.29, 1.82) is 0 Å². The van der Waals surface area contributed by atoms with E-state index in [1.807, 2.05) is 0 Å². The highest BCUT2D eigenvalue weighted by Gasteiger charge is 2.20. The first-order valence-corrected chi connectivity index (χ1v) is 6.99. The molecule has 0 amide bonds. The van der Waals surface area contributed by atoms with Gasteiger partial charge in [0.05, 0.1) is 6.20 Å². The minimum Gasteiger partial charge on any atom is -0.285 e. The maximum atomic E-state index is 10.9. The fourth-order valence-corrected chi connectivity index (χ4v) is 1.66. The summed E-state index contributed by atoms with van der Waals surface area (Å²) in [6, 6.07) is 1.72. The molecule has 0 spiro atoms. The number of hydrazone groups is 1. The third-order valence-corrected chi connectivity index (χ3v) is 3.51. The Morgan fingerprint density at radius 3 is 2.63 bits per heavy atom. The second-order valence-electron chi connectivity index (χ2n) is 3.89. The summed E-state index contributed by atoms with van der Waals surface area (Å²) in [6.07, 6.45) is 9.60. The van der Waals surface area contributed by atoms with Crippen molar-refractivity contribution in [3.63, 3.8) is 0 Å². The van der Waals surface area contributed by atoms with Gasteiger partial charge in [0.2, 0.25) is 0 Å². The Morgan fingerprint density at radius 1 is 1.42 bits per heavy atom. The van der Waals surface area contributed by atoms with Crippen molar-refractivity contribution in [2.45, 2.75) is 12.2 Å². The minimum absolute atomic E-state index is 0.564. The fraction of sp³-hybridized carbons (Fsp3) is 0.182. The van der Waals surface area contributed by atoms with Crippen LogP contribution in [0.2, 0.25) is 0 Å². The van der Waals surface area contributed by atoms with Crippen molar-refractivity contribution >= 4 is 21.9 Å². The van der Waals surface area contributed by atoms with Crippen LogP contribution in [0.25, 0.3) is 5.57 Å². The number of nitrogens with zero attached hydrogens (tertiary/aromatic N) is 3. The Morgan fingerprint density at radius 2 is 2.11 bits per heavy atom. The number of hydrogen-bond donors (Lipinski definition) is 2. The van der Waals surface area contributed by atoms with E-state index in [4.69, 9.17) is 4.55 Å². The van der Waals surface area contributed by atoms with Crippen LogP contribution in [0.5, 0.6) is 0 Å². The van der Waals surface area contributed by atoms with Crippen LogP contribution in [0.1, 0.15) is 12.7 Å². The maximum absolute atomic E-state index is 10.9. The zero-order chi connectivity index (χ0) is 13.9. The van der Waals surface area contributed by atoms with Gasteiger partial charge < -0.3 is 0 Å². The average Bonchev–Trinajstić information content (AvgIpc) is 2.39. The van der Waals surface area contributed by atoms with Crippen molar-refractivity contribution < 1.29 is 17.7 Å². The van der Waals surface area contributed by atoms with Gasteiger partial charge in [-0.25, -0.2) is 9.97 Å². The summed E-state index contributed by atoms with van der Waals surface area (Å²) in [7, 11) is -4.08. The van der Waals surface area contributed by atoms with Gasteiger partial charge in [-0.05, 0) is 13.0 Å². The predicted molar refractivity (Wildman–Crippen MR) is 69.6 cm³/mol. The number of nitrogens with one attached hydrogen (secondary N) is 1. The molecule has 2 heterocycles. The van der Waals surface area contributed by atoms with Crippen molar-refractivity contribution in [3.05, 3.63) is 42.8 Å². The molecule has 1 aromatic heterocycles. The van der Waals surface area contributed by atoms with Crippen LogP contribution < -0.4 is 5.43 Å². The minimum atomic E-state index is -4.08. The van der Waals surface area contributed by atoms with E-state index in [0.717, 1.165) is 5.57 Å². The third kappa shape index (κ3) is 3.46. The van der Waals surface area contributed by atoms with Crippen molar-refractivity contribution in [2.24, 2.45) is 0 Å². The summed E-state index contributed by atoms with van der Waals surface area (Å²) in [6.45, 7) is 1.38. The van der Waals surface area contributed by atoms with Crippen molar-refractivity contribution in [2.75, 3.05) is 0 Å². The number of allylic oxidation sites excluding steroid dienone is 2. The Hall–Kier alpha value is -2.06. The highest BCUT2D eigenvalue weighted by atomic mass is 32.2. The lowest BCUT2D eigenvalue weighted by Crippen LogP contribution is -2.29. The number of hydrazine groups is 1. The smallest absolute Gasteiger partial charge is 0.277 e. The quantitative estimate of drug-likeness (QED) is 0.607. The zero-order valence-electron chi connectivity index (χ0n) is 10.1. The lowest BCUT2D eigenvalue weighted by atomic mass is 10.2. The summed E-state index contributed by atoms with van der Waals surface area (Å²) < 4.78 is 32.1. The topological polar surface area (TPSA) is 95.2 Å². The fourth-order valence-electron chi connectivity index (χ4n) is 1.38. The van der Waals surface area contributed by atoms with Gasteiger partial charge in [-0.2, -0.15) is 13.8 Å². The summed E-state index contributed by atoms with van der Waals surface area (Å²) in [5.74, 6) is 0.564. The summed E-state index contributed by atoms with van der Waals surface area (Å²) in [4.78, 5) is 8.18. The molecule has 1 aromatic rings. The van der Waals surface area contributed by atoms with Crippen LogP contribution in [0, 0.1) is 0 Å². The van der Waals surface area contributed by atoms with E-state index in [0.29, 0.717) is 5.82 Å². The zero-order valence-corrected chi connectivity index (χ0v) is 10.9. The Bertz CT molecular complexity index is 650. The van der Waals surface area contributed by atoms with Crippen LogP contribution in [0.15, 0.2) is 36.9 Å². The molecule has 7 nitrogen and oxygen atoms in total. The first-order chi connectivity index (χ1) is 8.97. The molecule has 2 N–H and O–H groups in total. The molecule has 1 aliphatic heterocycles. The van der Waals surface area contributed by atoms with Gasteiger partial charge >= 0.3 is 0 Å². The molecule has 0 aromatic carbocycles. The Kier molecular flexibility index (Phi) is 3.72. The molecular weight excluding hydrogens is 268 g/mol. The van der Waals surface area contributed by atoms with E-state index in [1.165, 1.54) is 17.8 Å². The van der Waals surface area contributed by atoms with Gasteiger partial charge in [0, 0.05) is 24.0 Å². The van der Waals surface area contributed by atoms with Crippen LogP contribution in [0.4, 0.5) is 0 Å². The Labute approximate surface area is 110 Å². The second-order valence-corrected chi connectivity index (χ2v) is 5.67. The number of rotatable bonds is 3. The summed E-state index contributed by atoms with van der Waals surface area (Å²) in [5, 5.41) is -1.01. The number of hydrogen-bond acceptors (Lipinski definition) is 5.